The second-order valence-electron chi connectivity index (χ2n) is 4.15. The van der Waals surface area contributed by atoms with Gasteiger partial charge in [0.2, 0.25) is 0 Å². The molecule has 0 bridgehead atoms. The fourth-order valence-electron chi connectivity index (χ4n) is 2.07. The van der Waals surface area contributed by atoms with Crippen LogP contribution >= 0.6 is 15.9 Å². The Labute approximate surface area is 122 Å². The number of furan rings is 1. The zero-order valence-electron chi connectivity index (χ0n) is 11.2. The minimum Gasteiger partial charge on any atom is -0.494 e. The van der Waals surface area contributed by atoms with E-state index in [4.69, 9.17) is 9.15 Å². The van der Waals surface area contributed by atoms with E-state index < -0.39 is 0 Å². The summed E-state index contributed by atoms with van der Waals surface area (Å²) in [5, 5.41) is 3.47. The van der Waals surface area contributed by atoms with Gasteiger partial charge in [-0.2, -0.15) is 0 Å². The highest BCUT2D eigenvalue weighted by atomic mass is 79.9. The lowest BCUT2D eigenvalue weighted by atomic mass is 10.0. The molecule has 0 fully saturated rings. The van der Waals surface area contributed by atoms with Gasteiger partial charge in [-0.25, -0.2) is 0 Å². The molecule has 2 rings (SSSR count). The van der Waals surface area contributed by atoms with Crippen molar-refractivity contribution in [3.05, 3.63) is 52.4 Å². The molecule has 1 unspecified atom stereocenters. The van der Waals surface area contributed by atoms with Crippen LogP contribution in [0.25, 0.3) is 0 Å². The fourth-order valence-corrected chi connectivity index (χ4v) is 2.54. The molecule has 1 atom stereocenters. The van der Waals surface area contributed by atoms with E-state index in [0.29, 0.717) is 6.61 Å². The zero-order valence-corrected chi connectivity index (χ0v) is 12.7. The van der Waals surface area contributed by atoms with Gasteiger partial charge in [-0.05, 0) is 53.2 Å². The van der Waals surface area contributed by atoms with Gasteiger partial charge in [0.25, 0.3) is 0 Å². The van der Waals surface area contributed by atoms with Crippen LogP contribution in [0.1, 0.15) is 31.0 Å². The molecule has 1 aromatic carbocycles. The van der Waals surface area contributed by atoms with E-state index in [1.165, 1.54) is 0 Å². The lowest BCUT2D eigenvalue weighted by Crippen LogP contribution is -2.21. The monoisotopic (exact) mass is 323 g/mol. The van der Waals surface area contributed by atoms with Crippen molar-refractivity contribution in [3.8, 4) is 5.75 Å². The van der Waals surface area contributed by atoms with Gasteiger partial charge in [0.05, 0.1) is 18.9 Å². The summed E-state index contributed by atoms with van der Waals surface area (Å²) in [5.41, 5.74) is 2.25. The fraction of sp³-hybridized carbons (Fsp3) is 0.333. The lowest BCUT2D eigenvalue weighted by molar-refractivity contribution is 0.339. The molecule has 0 aliphatic carbocycles. The quantitative estimate of drug-likeness (QED) is 0.867. The van der Waals surface area contributed by atoms with E-state index >= 15 is 0 Å². The first-order valence-electron chi connectivity index (χ1n) is 6.45. The van der Waals surface area contributed by atoms with Crippen LogP contribution in [0, 0.1) is 0 Å². The van der Waals surface area contributed by atoms with Crippen LogP contribution in [0.3, 0.4) is 0 Å². The van der Waals surface area contributed by atoms with E-state index in [0.717, 1.165) is 28.1 Å². The van der Waals surface area contributed by atoms with Crippen LogP contribution in [-0.2, 0) is 0 Å². The topological polar surface area (TPSA) is 34.4 Å². The molecule has 2 aromatic rings. The maximum atomic E-state index is 5.56. The smallest absolute Gasteiger partial charge is 0.174 e. The molecule has 4 heteroatoms. The molecule has 0 amide bonds. The highest BCUT2D eigenvalue weighted by molar-refractivity contribution is 9.10. The number of benzene rings is 1. The lowest BCUT2D eigenvalue weighted by Gasteiger charge is -2.18. The van der Waals surface area contributed by atoms with E-state index in [9.17, 15) is 0 Å². The van der Waals surface area contributed by atoms with E-state index in [1.807, 2.05) is 25.1 Å². The Bertz CT molecular complexity index is 524. The number of ether oxygens (including phenoxy) is 1. The average molecular weight is 324 g/mol. The molecular weight excluding hydrogens is 306 g/mol. The van der Waals surface area contributed by atoms with Gasteiger partial charge >= 0.3 is 0 Å². The summed E-state index contributed by atoms with van der Waals surface area (Å²) in [6.45, 7) is 5.63. The summed E-state index contributed by atoms with van der Waals surface area (Å²) in [6.07, 6.45) is 1.69. The van der Waals surface area contributed by atoms with Gasteiger partial charge in [-0.1, -0.05) is 19.1 Å². The van der Waals surface area contributed by atoms with Crippen molar-refractivity contribution in [1.29, 1.82) is 0 Å². The van der Waals surface area contributed by atoms with Gasteiger partial charge < -0.3 is 14.5 Å². The summed E-state index contributed by atoms with van der Waals surface area (Å²) >= 11 is 3.45. The molecule has 1 heterocycles. The van der Waals surface area contributed by atoms with E-state index in [2.05, 4.69) is 40.3 Å². The molecular formula is C15H18BrNO2. The van der Waals surface area contributed by atoms with Crippen molar-refractivity contribution in [3.63, 3.8) is 0 Å². The van der Waals surface area contributed by atoms with Crippen LogP contribution in [0.4, 0.5) is 0 Å². The van der Waals surface area contributed by atoms with Crippen molar-refractivity contribution in [2.75, 3.05) is 13.2 Å². The van der Waals surface area contributed by atoms with E-state index in [1.54, 1.807) is 6.26 Å². The van der Waals surface area contributed by atoms with Crippen molar-refractivity contribution in [2.24, 2.45) is 0 Å². The molecule has 0 saturated heterocycles. The van der Waals surface area contributed by atoms with Gasteiger partial charge in [0.1, 0.15) is 5.75 Å². The van der Waals surface area contributed by atoms with Crippen molar-refractivity contribution in [2.45, 2.75) is 19.9 Å². The van der Waals surface area contributed by atoms with Crippen molar-refractivity contribution in [1.82, 2.24) is 5.32 Å². The standard InChI is InChI=1S/C15H18BrNO2/c1-3-17-14(13-8-9-19-15(13)16)11-6-5-7-12(10-11)18-4-2/h5-10,14,17H,3-4H2,1-2H3. The largest absolute Gasteiger partial charge is 0.494 e. The third-order valence-corrected chi connectivity index (χ3v) is 3.51. The zero-order chi connectivity index (χ0) is 13.7. The molecule has 0 saturated carbocycles. The molecule has 3 nitrogen and oxygen atoms in total. The normalized spacial score (nSPS) is 12.4. The number of rotatable bonds is 6. The molecule has 1 aromatic heterocycles. The third-order valence-electron chi connectivity index (χ3n) is 2.87. The SMILES string of the molecule is CCNC(c1cccc(OCC)c1)c1ccoc1Br. The Balaban J connectivity index is 2.33. The van der Waals surface area contributed by atoms with Crippen LogP contribution in [0.15, 0.2) is 45.7 Å². The average Bonchev–Trinajstić information content (AvgIpc) is 2.83. The maximum absolute atomic E-state index is 5.56. The van der Waals surface area contributed by atoms with Crippen molar-refractivity contribution >= 4 is 15.9 Å². The highest BCUT2D eigenvalue weighted by Gasteiger charge is 2.18. The first kappa shape index (κ1) is 14.2. The van der Waals surface area contributed by atoms with Gasteiger partial charge in [-0.3, -0.25) is 0 Å². The van der Waals surface area contributed by atoms with Crippen LogP contribution in [0.2, 0.25) is 0 Å². The predicted octanol–water partition coefficient (Wildman–Crippen LogP) is 4.14. The molecule has 0 aliphatic rings. The highest BCUT2D eigenvalue weighted by Crippen LogP contribution is 2.31. The van der Waals surface area contributed by atoms with Crippen molar-refractivity contribution < 1.29 is 9.15 Å². The minimum absolute atomic E-state index is 0.0959. The molecule has 0 aliphatic heterocycles. The molecule has 0 spiro atoms. The summed E-state index contributed by atoms with van der Waals surface area (Å²) < 4.78 is 11.7. The minimum atomic E-state index is 0.0959. The third kappa shape index (κ3) is 3.39. The Morgan fingerprint density at radius 2 is 2.16 bits per heavy atom. The Kier molecular flexibility index (Phi) is 5.05. The van der Waals surface area contributed by atoms with Gasteiger partial charge in [0, 0.05) is 5.56 Å². The first-order valence-corrected chi connectivity index (χ1v) is 7.24. The number of nitrogens with one attached hydrogen (secondary N) is 1. The van der Waals surface area contributed by atoms with Crippen LogP contribution < -0.4 is 10.1 Å². The number of hydrogen-bond donors (Lipinski definition) is 1. The molecule has 19 heavy (non-hydrogen) atoms. The second-order valence-corrected chi connectivity index (χ2v) is 4.87. The molecule has 0 radical (unpaired) electrons. The number of halogens is 1. The molecule has 102 valence electrons. The Hall–Kier alpha value is -1.26. The summed E-state index contributed by atoms with van der Waals surface area (Å²) in [7, 11) is 0. The Morgan fingerprint density at radius 1 is 1.32 bits per heavy atom. The summed E-state index contributed by atoms with van der Waals surface area (Å²) in [5.74, 6) is 0.891. The number of hydrogen-bond acceptors (Lipinski definition) is 3. The predicted molar refractivity (Wildman–Crippen MR) is 79.5 cm³/mol. The maximum Gasteiger partial charge on any atom is 0.174 e. The van der Waals surface area contributed by atoms with Crippen LogP contribution in [-0.4, -0.2) is 13.2 Å². The Morgan fingerprint density at radius 3 is 2.79 bits per heavy atom. The summed E-state index contributed by atoms with van der Waals surface area (Å²) in [4.78, 5) is 0. The summed E-state index contributed by atoms with van der Waals surface area (Å²) in [6, 6.07) is 10.2. The second kappa shape index (κ2) is 6.78. The first-order chi connectivity index (χ1) is 9.26. The van der Waals surface area contributed by atoms with Crippen LogP contribution in [0.5, 0.6) is 5.75 Å². The van der Waals surface area contributed by atoms with Gasteiger partial charge in [0.15, 0.2) is 4.67 Å². The van der Waals surface area contributed by atoms with Gasteiger partial charge in [-0.15, -0.1) is 0 Å². The van der Waals surface area contributed by atoms with E-state index in [-0.39, 0.29) is 6.04 Å². The molecule has 1 N–H and O–H groups in total.